The highest BCUT2D eigenvalue weighted by atomic mass is 35.5. The minimum Gasteiger partial charge on any atom is -0.458 e. The molecule has 10 atom stereocenters. The van der Waals surface area contributed by atoms with Crippen molar-refractivity contribution >= 4 is 23.3 Å². The molecular weight excluding hydrogens is 484 g/mol. The van der Waals surface area contributed by atoms with Crippen LogP contribution in [0, 0.1) is 29.6 Å². The van der Waals surface area contributed by atoms with Crippen LogP contribution in [0.1, 0.15) is 45.6 Å². The van der Waals surface area contributed by atoms with Crippen molar-refractivity contribution in [2.45, 2.75) is 70.1 Å². The first-order valence-electron chi connectivity index (χ1n) is 12.9. The van der Waals surface area contributed by atoms with Gasteiger partial charge in [0, 0.05) is 31.6 Å². The maximum absolute atomic E-state index is 13.5. The lowest BCUT2D eigenvalue weighted by molar-refractivity contribution is -0.168. The Hall–Kier alpha value is -1.68. The number of anilines is 1. The molecule has 2 heterocycles. The van der Waals surface area contributed by atoms with Crippen LogP contribution in [0.25, 0.3) is 0 Å². The second kappa shape index (κ2) is 9.57. The molecular formula is C27H37ClN2O6. The first-order valence-corrected chi connectivity index (χ1v) is 13.3. The lowest BCUT2D eigenvalue weighted by Crippen LogP contribution is -2.53. The van der Waals surface area contributed by atoms with E-state index in [0.29, 0.717) is 16.3 Å². The van der Waals surface area contributed by atoms with Gasteiger partial charge in [0.2, 0.25) is 0 Å². The maximum atomic E-state index is 13.5. The molecule has 198 valence electrons. The predicted octanol–water partition coefficient (Wildman–Crippen LogP) is 2.74. The summed E-state index contributed by atoms with van der Waals surface area (Å²) < 4.78 is 6.09. The third-order valence-corrected chi connectivity index (χ3v) is 9.36. The molecule has 2 aliphatic heterocycles. The van der Waals surface area contributed by atoms with Crippen molar-refractivity contribution in [1.29, 1.82) is 0 Å². The lowest BCUT2D eigenvalue weighted by atomic mass is 9.58. The number of hydrogen-bond donors (Lipinski definition) is 4. The number of carbonyl (C=O) groups is 1. The van der Waals surface area contributed by atoms with Gasteiger partial charge in [-0.2, -0.15) is 0 Å². The Kier molecular flexibility index (Phi) is 6.89. The number of rotatable bonds is 4. The fraction of sp³-hybridized carbons (Fsp3) is 0.667. The molecule has 8 nitrogen and oxygen atoms in total. The summed E-state index contributed by atoms with van der Waals surface area (Å²) >= 11 is 6.38. The minimum absolute atomic E-state index is 0.0471. The number of fused-ring (bicyclic) bond motifs is 4. The van der Waals surface area contributed by atoms with Crippen LogP contribution in [0.2, 0.25) is 5.02 Å². The van der Waals surface area contributed by atoms with Gasteiger partial charge in [0.05, 0.1) is 10.7 Å². The third-order valence-electron chi connectivity index (χ3n) is 9.05. The second-order valence-electron chi connectivity index (χ2n) is 11.3. The maximum Gasteiger partial charge on any atom is 0.323 e. The fourth-order valence-electron chi connectivity index (χ4n) is 7.03. The number of hydroxylamine groups is 1. The number of benzene rings is 1. The third kappa shape index (κ3) is 4.06. The molecule has 5 rings (SSSR count). The molecule has 4 N–H and O–H groups in total. The molecule has 0 radical (unpaired) electrons. The Labute approximate surface area is 217 Å². The average Bonchev–Trinajstić information content (AvgIpc) is 3.19. The quantitative estimate of drug-likeness (QED) is 0.354. The van der Waals surface area contributed by atoms with Gasteiger partial charge in [0.15, 0.2) is 6.23 Å². The molecule has 0 amide bonds. The number of halogens is 1. The van der Waals surface area contributed by atoms with Crippen LogP contribution in [-0.4, -0.2) is 59.4 Å². The van der Waals surface area contributed by atoms with Gasteiger partial charge in [0.25, 0.3) is 0 Å². The van der Waals surface area contributed by atoms with Crippen molar-refractivity contribution in [2.24, 2.45) is 29.6 Å². The van der Waals surface area contributed by atoms with E-state index in [1.54, 1.807) is 25.2 Å². The number of aliphatic hydroxyl groups is 3. The van der Waals surface area contributed by atoms with Gasteiger partial charge in [-0.3, -0.25) is 20.0 Å². The van der Waals surface area contributed by atoms with Crippen LogP contribution in [0.5, 0.6) is 0 Å². The number of aliphatic hydroxyl groups excluding tert-OH is 2. The molecule has 1 aromatic carbocycles. The number of carbonyl (C=O) groups excluding carboxylic acids is 1. The van der Waals surface area contributed by atoms with E-state index in [-0.39, 0.29) is 42.6 Å². The van der Waals surface area contributed by atoms with Crippen molar-refractivity contribution in [3.63, 3.8) is 0 Å². The van der Waals surface area contributed by atoms with Gasteiger partial charge in [-0.25, -0.2) is 0 Å². The topological polar surface area (TPSA) is 111 Å². The first kappa shape index (κ1) is 25.9. The van der Waals surface area contributed by atoms with Crippen LogP contribution >= 0.6 is 11.6 Å². The van der Waals surface area contributed by atoms with Crippen LogP contribution < -0.4 is 10.4 Å². The van der Waals surface area contributed by atoms with E-state index in [1.165, 1.54) is 5.06 Å². The number of esters is 1. The van der Waals surface area contributed by atoms with Crippen molar-refractivity contribution < 1.29 is 29.7 Å². The summed E-state index contributed by atoms with van der Waals surface area (Å²) in [7, 11) is 1.71. The molecule has 0 spiro atoms. The standard InChI is InChI=1S/C27H37ClN2O6/c1-13-8-9-16(15(3)12-31)17-10-14(2)23(32)24(21(13)17)35-25(33)20-11-27(34)18-6-5-7-19(28)22(18)30(4)36-26(27)29-20/h5-7,10,13,15-17,20-21,23-24,26,29,31-32,34H,8-9,11-12H2,1-4H3/t13?,15?,16?,17?,20-,21?,23?,24?,26+,27+/m0/s1. The summed E-state index contributed by atoms with van der Waals surface area (Å²) in [5.74, 6) is 0.187. The molecule has 4 aliphatic rings. The molecule has 2 aliphatic carbocycles. The lowest BCUT2D eigenvalue weighted by Gasteiger charge is -2.49. The highest BCUT2D eigenvalue weighted by Gasteiger charge is 2.56. The molecule has 1 saturated heterocycles. The Bertz CT molecular complexity index is 1050. The SMILES string of the molecule is CC1=CC2C(C(C)CO)CCC(C)C2C(OC(=O)[C@@H]2C[C@@]3(O)c4cccc(Cl)c4N(C)O[C@H]3N2)C1O. The molecule has 1 saturated carbocycles. The molecule has 0 aromatic heterocycles. The van der Waals surface area contributed by atoms with Crippen molar-refractivity contribution in [1.82, 2.24) is 5.32 Å². The summed E-state index contributed by atoms with van der Waals surface area (Å²) in [6, 6.07) is 4.47. The fourth-order valence-corrected chi connectivity index (χ4v) is 7.32. The number of para-hydroxylation sites is 1. The van der Waals surface area contributed by atoms with Crippen molar-refractivity contribution in [3.05, 3.63) is 40.4 Å². The van der Waals surface area contributed by atoms with Crippen LogP contribution in [0.4, 0.5) is 5.69 Å². The van der Waals surface area contributed by atoms with E-state index >= 15 is 0 Å². The summed E-state index contributed by atoms with van der Waals surface area (Å²) in [5, 5.41) is 37.6. The van der Waals surface area contributed by atoms with Crippen molar-refractivity contribution in [3.8, 4) is 0 Å². The highest BCUT2D eigenvalue weighted by molar-refractivity contribution is 6.33. The zero-order chi connectivity index (χ0) is 25.9. The van der Waals surface area contributed by atoms with Crippen molar-refractivity contribution in [2.75, 3.05) is 18.7 Å². The zero-order valence-corrected chi connectivity index (χ0v) is 22.0. The van der Waals surface area contributed by atoms with E-state index in [0.717, 1.165) is 18.4 Å². The van der Waals surface area contributed by atoms with Gasteiger partial charge < -0.3 is 20.1 Å². The summed E-state index contributed by atoms with van der Waals surface area (Å²) in [5.41, 5.74) is 0.494. The zero-order valence-electron chi connectivity index (χ0n) is 21.2. The normalized spacial score (nSPS) is 40.6. The Morgan fingerprint density at radius 2 is 2.14 bits per heavy atom. The molecule has 9 heteroatoms. The predicted molar refractivity (Wildman–Crippen MR) is 135 cm³/mol. The van der Waals surface area contributed by atoms with E-state index in [2.05, 4.69) is 25.2 Å². The number of nitrogens with zero attached hydrogens (tertiary/aromatic N) is 1. The van der Waals surface area contributed by atoms with Crippen LogP contribution in [-0.2, 0) is 20.0 Å². The van der Waals surface area contributed by atoms with E-state index in [4.69, 9.17) is 21.2 Å². The molecule has 2 fully saturated rings. The average molecular weight is 521 g/mol. The molecule has 1 aromatic rings. The van der Waals surface area contributed by atoms with Gasteiger partial charge in [-0.1, -0.05) is 43.7 Å². The first-order chi connectivity index (χ1) is 17.1. The Morgan fingerprint density at radius 3 is 2.86 bits per heavy atom. The van der Waals surface area contributed by atoms with Crippen LogP contribution in [0.3, 0.4) is 0 Å². The van der Waals surface area contributed by atoms with Gasteiger partial charge in [-0.05, 0) is 55.1 Å². The van der Waals surface area contributed by atoms with Gasteiger partial charge in [-0.15, -0.1) is 0 Å². The molecule has 36 heavy (non-hydrogen) atoms. The number of nitrogens with one attached hydrogen (secondary N) is 1. The summed E-state index contributed by atoms with van der Waals surface area (Å²) in [4.78, 5) is 19.4. The Morgan fingerprint density at radius 1 is 1.39 bits per heavy atom. The van der Waals surface area contributed by atoms with E-state index in [9.17, 15) is 20.1 Å². The smallest absolute Gasteiger partial charge is 0.323 e. The summed E-state index contributed by atoms with van der Waals surface area (Å²) in [6.45, 7) is 6.18. The highest BCUT2D eigenvalue weighted by Crippen LogP contribution is 2.50. The monoisotopic (exact) mass is 520 g/mol. The Balaban J connectivity index is 1.39. The van der Waals surface area contributed by atoms with Gasteiger partial charge in [0.1, 0.15) is 23.9 Å². The van der Waals surface area contributed by atoms with Gasteiger partial charge >= 0.3 is 5.97 Å². The second-order valence-corrected chi connectivity index (χ2v) is 11.7. The number of allylic oxidation sites excluding steroid dienone is 1. The minimum atomic E-state index is -1.46. The largest absolute Gasteiger partial charge is 0.458 e. The van der Waals surface area contributed by atoms with E-state index in [1.807, 2.05) is 6.92 Å². The number of ether oxygens (including phenoxy) is 1. The van der Waals surface area contributed by atoms with E-state index < -0.39 is 36.0 Å². The van der Waals surface area contributed by atoms with Crippen LogP contribution in [0.15, 0.2) is 29.8 Å². The number of hydrogen-bond acceptors (Lipinski definition) is 8. The molecule has 7 unspecified atom stereocenters. The summed E-state index contributed by atoms with van der Waals surface area (Å²) in [6.07, 6.45) is 1.70. The molecule has 0 bridgehead atoms.